The molecule has 0 aliphatic carbocycles. The van der Waals surface area contributed by atoms with E-state index >= 15 is 0 Å². The maximum Gasteiger partial charge on any atom is 0.417 e. The number of hydrogen-bond donors (Lipinski definition) is 1. The van der Waals surface area contributed by atoms with Crippen molar-refractivity contribution in [2.45, 2.75) is 11.3 Å². The molecule has 0 saturated heterocycles. The lowest BCUT2D eigenvalue weighted by Gasteiger charge is -2.29. The smallest absolute Gasteiger partial charge is 0.408 e. The number of fused-ring (bicyclic) bond motifs is 2. The van der Waals surface area contributed by atoms with Crippen molar-refractivity contribution >= 4 is 32.6 Å². The van der Waals surface area contributed by atoms with Crippen LogP contribution in [-0.2, 0) is 10.0 Å². The summed E-state index contributed by atoms with van der Waals surface area (Å²) in [6.07, 6.45) is 0.123. The van der Waals surface area contributed by atoms with Crippen LogP contribution in [0.4, 0.5) is 5.69 Å². The van der Waals surface area contributed by atoms with Gasteiger partial charge < -0.3 is 4.42 Å². The number of carbonyl (C=O) groups excluding carboxylic acids is 1. The third-order valence-corrected chi connectivity index (χ3v) is 5.80. The fourth-order valence-corrected chi connectivity index (χ4v) is 4.35. The Kier molecular flexibility index (Phi) is 3.10. The zero-order valence-electron chi connectivity index (χ0n) is 12.4. The van der Waals surface area contributed by atoms with Gasteiger partial charge in [0.1, 0.15) is 0 Å². The molecule has 0 atom stereocenters. The van der Waals surface area contributed by atoms with Gasteiger partial charge in [-0.2, -0.15) is 0 Å². The minimum Gasteiger partial charge on any atom is -0.408 e. The molecule has 0 saturated carbocycles. The molecule has 7 nitrogen and oxygen atoms in total. The van der Waals surface area contributed by atoms with Gasteiger partial charge >= 0.3 is 5.76 Å². The lowest BCUT2D eigenvalue weighted by atomic mass is 10.0. The Balaban J connectivity index is 1.86. The Hall–Kier alpha value is -2.87. The summed E-state index contributed by atoms with van der Waals surface area (Å²) >= 11 is 0. The number of aromatic amines is 1. The first-order valence-corrected chi connectivity index (χ1v) is 8.69. The molecule has 1 aromatic heterocycles. The molecular weight excluding hydrogens is 332 g/mol. The van der Waals surface area contributed by atoms with Gasteiger partial charge in [0.05, 0.1) is 16.1 Å². The molecule has 0 radical (unpaired) electrons. The summed E-state index contributed by atoms with van der Waals surface area (Å²) in [5.74, 6) is -0.724. The van der Waals surface area contributed by atoms with Gasteiger partial charge in [-0.25, -0.2) is 13.2 Å². The number of nitrogens with zero attached hydrogens (tertiary/aromatic N) is 1. The summed E-state index contributed by atoms with van der Waals surface area (Å²) in [6.45, 7) is 0.0767. The van der Waals surface area contributed by atoms with Crippen molar-refractivity contribution in [2.24, 2.45) is 0 Å². The Bertz CT molecular complexity index is 1130. The second-order valence-electron chi connectivity index (χ2n) is 5.44. The zero-order valence-corrected chi connectivity index (χ0v) is 13.2. The van der Waals surface area contributed by atoms with Gasteiger partial charge in [0, 0.05) is 24.6 Å². The minimum atomic E-state index is -3.88. The van der Waals surface area contributed by atoms with Crippen LogP contribution in [0.2, 0.25) is 0 Å². The highest BCUT2D eigenvalue weighted by atomic mass is 32.2. The largest absolute Gasteiger partial charge is 0.417 e. The number of aromatic nitrogens is 1. The Morgan fingerprint density at radius 3 is 2.71 bits per heavy atom. The highest BCUT2D eigenvalue weighted by Gasteiger charge is 2.32. The predicted molar refractivity (Wildman–Crippen MR) is 86.8 cm³/mol. The van der Waals surface area contributed by atoms with E-state index in [1.807, 2.05) is 0 Å². The van der Waals surface area contributed by atoms with Crippen molar-refractivity contribution in [1.29, 1.82) is 0 Å². The summed E-state index contributed by atoms with van der Waals surface area (Å²) in [5.41, 5.74) is 1.35. The van der Waals surface area contributed by atoms with Gasteiger partial charge in [-0.3, -0.25) is 14.1 Å². The number of H-pyrrole nitrogens is 1. The standard InChI is InChI=1S/C16H12N2O5S/c19-14-7-8-18(13-4-2-1-3-11(13)14)24(21,22)10-5-6-12-15(9-10)23-16(20)17-12/h1-6,9H,7-8H2,(H,17,20). The van der Waals surface area contributed by atoms with E-state index in [1.54, 1.807) is 24.3 Å². The number of anilines is 1. The first-order chi connectivity index (χ1) is 11.5. The van der Waals surface area contributed by atoms with E-state index in [0.29, 0.717) is 16.8 Å². The molecule has 1 N–H and O–H groups in total. The van der Waals surface area contributed by atoms with Gasteiger partial charge in [0.15, 0.2) is 11.4 Å². The lowest BCUT2D eigenvalue weighted by Crippen LogP contribution is -2.37. The van der Waals surface area contributed by atoms with E-state index in [1.165, 1.54) is 22.5 Å². The molecule has 3 aromatic rings. The fourth-order valence-electron chi connectivity index (χ4n) is 2.85. The third-order valence-electron chi connectivity index (χ3n) is 4.00. The number of Topliss-reactive ketones (excluding diaryl/α,β-unsaturated/α-hetero) is 1. The van der Waals surface area contributed by atoms with Crippen molar-refractivity contribution < 1.29 is 17.6 Å². The van der Waals surface area contributed by atoms with Crippen LogP contribution >= 0.6 is 0 Å². The molecule has 1 aliphatic rings. The molecule has 2 heterocycles. The number of benzene rings is 2. The first-order valence-electron chi connectivity index (χ1n) is 7.25. The fraction of sp³-hybridized carbons (Fsp3) is 0.125. The van der Waals surface area contributed by atoms with Crippen LogP contribution in [0.25, 0.3) is 11.1 Å². The van der Waals surface area contributed by atoms with Crippen molar-refractivity contribution in [2.75, 3.05) is 10.8 Å². The Morgan fingerprint density at radius 2 is 1.88 bits per heavy atom. The summed E-state index contributed by atoms with van der Waals surface area (Å²) < 4.78 is 32.1. The molecule has 0 unspecified atom stereocenters. The molecule has 0 bridgehead atoms. The van der Waals surface area contributed by atoms with Crippen molar-refractivity contribution in [3.05, 3.63) is 58.6 Å². The van der Waals surface area contributed by atoms with E-state index < -0.39 is 15.8 Å². The van der Waals surface area contributed by atoms with E-state index in [0.717, 1.165) is 0 Å². The quantitative estimate of drug-likeness (QED) is 0.765. The van der Waals surface area contributed by atoms with Crippen LogP contribution in [0.5, 0.6) is 0 Å². The molecule has 8 heteroatoms. The highest BCUT2D eigenvalue weighted by Crippen LogP contribution is 2.32. The monoisotopic (exact) mass is 344 g/mol. The van der Waals surface area contributed by atoms with Crippen LogP contribution in [-0.4, -0.2) is 25.7 Å². The molecule has 0 spiro atoms. The Labute approximate surface area is 136 Å². The molecule has 122 valence electrons. The lowest BCUT2D eigenvalue weighted by molar-refractivity contribution is 0.0982. The van der Waals surface area contributed by atoms with Gasteiger partial charge in [-0.05, 0) is 24.3 Å². The number of rotatable bonds is 2. The molecule has 0 fully saturated rings. The van der Waals surface area contributed by atoms with Gasteiger partial charge in [-0.15, -0.1) is 0 Å². The summed E-state index contributed by atoms with van der Waals surface area (Å²) in [4.78, 5) is 25.7. The normalized spacial score (nSPS) is 14.8. The predicted octanol–water partition coefficient (Wildman–Crippen LogP) is 1.90. The van der Waals surface area contributed by atoms with Gasteiger partial charge in [0.2, 0.25) is 0 Å². The van der Waals surface area contributed by atoms with E-state index in [4.69, 9.17) is 4.42 Å². The van der Waals surface area contributed by atoms with E-state index in [-0.39, 0.29) is 29.2 Å². The molecule has 1 aliphatic heterocycles. The number of sulfonamides is 1. The SMILES string of the molecule is O=C1CCN(S(=O)(=O)c2ccc3[nH]c(=O)oc3c2)c2ccccc21. The maximum atomic E-state index is 13.0. The van der Waals surface area contributed by atoms with Crippen LogP contribution in [0.3, 0.4) is 0 Å². The molecule has 2 aromatic carbocycles. The minimum absolute atomic E-state index is 0.00176. The Morgan fingerprint density at radius 1 is 1.08 bits per heavy atom. The summed E-state index contributed by atoms with van der Waals surface area (Å²) in [6, 6.07) is 10.8. The molecule has 0 amide bonds. The zero-order chi connectivity index (χ0) is 16.9. The third kappa shape index (κ3) is 2.15. The van der Waals surface area contributed by atoms with Gasteiger partial charge in [-0.1, -0.05) is 12.1 Å². The average molecular weight is 344 g/mol. The first kappa shape index (κ1) is 14.7. The summed E-state index contributed by atoms with van der Waals surface area (Å²) in [5, 5.41) is 0. The number of carbonyl (C=O) groups is 1. The number of ketones is 1. The number of para-hydroxylation sites is 1. The van der Waals surface area contributed by atoms with Crippen LogP contribution in [0, 0.1) is 0 Å². The molecular formula is C16H12N2O5S. The topological polar surface area (TPSA) is 100 Å². The second-order valence-corrected chi connectivity index (χ2v) is 7.30. The highest BCUT2D eigenvalue weighted by molar-refractivity contribution is 7.92. The van der Waals surface area contributed by atoms with Crippen LogP contribution in [0.15, 0.2) is 56.6 Å². The number of hydrogen-bond acceptors (Lipinski definition) is 5. The van der Waals surface area contributed by atoms with E-state index in [9.17, 15) is 18.0 Å². The molecule has 4 rings (SSSR count). The van der Waals surface area contributed by atoms with E-state index in [2.05, 4.69) is 4.98 Å². The van der Waals surface area contributed by atoms with Crippen molar-refractivity contribution in [3.8, 4) is 0 Å². The van der Waals surface area contributed by atoms with Crippen molar-refractivity contribution in [3.63, 3.8) is 0 Å². The summed E-state index contributed by atoms with van der Waals surface area (Å²) in [7, 11) is -3.88. The van der Waals surface area contributed by atoms with Gasteiger partial charge in [0.25, 0.3) is 10.0 Å². The number of oxazole rings is 1. The number of nitrogens with one attached hydrogen (secondary N) is 1. The van der Waals surface area contributed by atoms with Crippen LogP contribution in [0.1, 0.15) is 16.8 Å². The second kappa shape index (κ2) is 5.07. The molecule has 24 heavy (non-hydrogen) atoms. The maximum absolute atomic E-state index is 13.0. The average Bonchev–Trinajstić information content (AvgIpc) is 2.94. The van der Waals surface area contributed by atoms with Crippen molar-refractivity contribution in [1.82, 2.24) is 4.98 Å². The van der Waals surface area contributed by atoms with Crippen LogP contribution < -0.4 is 10.1 Å².